The second-order valence-electron chi connectivity index (χ2n) is 5.06. The summed E-state index contributed by atoms with van der Waals surface area (Å²) in [6.07, 6.45) is -4.77. The van der Waals surface area contributed by atoms with Gasteiger partial charge in [-0.25, -0.2) is 0 Å². The highest BCUT2D eigenvalue weighted by Crippen LogP contribution is 2.25. The summed E-state index contributed by atoms with van der Waals surface area (Å²) in [7, 11) is 0. The lowest BCUT2D eigenvalue weighted by Gasteiger charge is -2.09. The quantitative estimate of drug-likeness (QED) is 0.637. The Labute approximate surface area is 157 Å². The molecule has 2 heterocycles. The molecule has 0 saturated heterocycles. The zero-order valence-corrected chi connectivity index (χ0v) is 15.1. The number of aryl methyl sites for hydroxylation is 1. The van der Waals surface area contributed by atoms with Crippen molar-refractivity contribution < 1.29 is 22.7 Å². The molecule has 1 aromatic carbocycles. The second kappa shape index (κ2) is 7.52. The van der Waals surface area contributed by atoms with Crippen molar-refractivity contribution in [3.05, 3.63) is 40.3 Å². The number of amides is 1. The molecule has 0 aliphatic rings. The summed E-state index contributed by atoms with van der Waals surface area (Å²) >= 11 is 2.21. The van der Waals surface area contributed by atoms with Crippen molar-refractivity contribution in [3.8, 4) is 5.75 Å². The first kappa shape index (κ1) is 19.1. The molecule has 0 fully saturated rings. The average Bonchev–Trinajstić information content (AvgIpc) is 3.01. The first-order valence-electron chi connectivity index (χ1n) is 7.23. The predicted octanol–water partition coefficient (Wildman–Crippen LogP) is 2.48. The monoisotopic (exact) mass is 417 g/mol. The van der Waals surface area contributed by atoms with Crippen molar-refractivity contribution in [3.63, 3.8) is 0 Å². The SMILES string of the molecule is Cc1nnc2sc(SCC(=O)Nc3ccc(OC(F)(F)F)cc3)nn2c1=O. The number of rotatable bonds is 5. The number of benzene rings is 1. The van der Waals surface area contributed by atoms with Gasteiger partial charge in [-0.3, -0.25) is 9.59 Å². The number of anilines is 1. The van der Waals surface area contributed by atoms with E-state index in [-0.39, 0.29) is 22.8 Å². The summed E-state index contributed by atoms with van der Waals surface area (Å²) in [6.45, 7) is 1.52. The van der Waals surface area contributed by atoms with Gasteiger partial charge in [-0.2, -0.15) is 4.52 Å². The number of carbonyl (C=O) groups is 1. The molecular weight excluding hydrogens is 407 g/mol. The number of halogens is 3. The standard InChI is InChI=1S/C14H10F3N5O3S2/c1-7-11(24)22-12(20-19-7)27-13(21-22)26-6-10(23)18-8-2-4-9(5-3-8)25-14(15,16)17/h2-5H,6H2,1H3,(H,18,23). The van der Waals surface area contributed by atoms with E-state index in [1.807, 2.05) is 0 Å². The van der Waals surface area contributed by atoms with Gasteiger partial charge >= 0.3 is 6.36 Å². The zero-order valence-electron chi connectivity index (χ0n) is 13.5. The molecule has 13 heteroatoms. The van der Waals surface area contributed by atoms with Gasteiger partial charge in [0.1, 0.15) is 11.4 Å². The number of hydrogen-bond donors (Lipinski definition) is 1. The number of nitrogens with zero attached hydrogens (tertiary/aromatic N) is 4. The van der Waals surface area contributed by atoms with E-state index >= 15 is 0 Å². The van der Waals surface area contributed by atoms with Crippen molar-refractivity contribution in [1.29, 1.82) is 0 Å². The first-order valence-corrected chi connectivity index (χ1v) is 9.03. The van der Waals surface area contributed by atoms with Gasteiger partial charge in [-0.05, 0) is 31.2 Å². The molecule has 8 nitrogen and oxygen atoms in total. The molecule has 0 radical (unpaired) electrons. The van der Waals surface area contributed by atoms with Crippen molar-refractivity contribution >= 4 is 39.7 Å². The topological polar surface area (TPSA) is 98.5 Å². The molecule has 0 bridgehead atoms. The Morgan fingerprint density at radius 2 is 2.00 bits per heavy atom. The average molecular weight is 417 g/mol. The number of fused-ring (bicyclic) bond motifs is 1. The third kappa shape index (κ3) is 4.95. The molecule has 0 aliphatic carbocycles. The highest BCUT2D eigenvalue weighted by Gasteiger charge is 2.30. The molecule has 1 amide bonds. The van der Waals surface area contributed by atoms with Crippen LogP contribution in [0.15, 0.2) is 33.4 Å². The van der Waals surface area contributed by atoms with E-state index in [2.05, 4.69) is 25.3 Å². The number of ether oxygens (including phenoxy) is 1. The van der Waals surface area contributed by atoms with Crippen LogP contribution in [0.5, 0.6) is 5.75 Å². The van der Waals surface area contributed by atoms with E-state index in [0.29, 0.717) is 15.0 Å². The maximum Gasteiger partial charge on any atom is 0.573 e. The molecule has 3 rings (SSSR count). The number of alkyl halides is 3. The van der Waals surface area contributed by atoms with Crippen LogP contribution in [0.1, 0.15) is 5.69 Å². The lowest BCUT2D eigenvalue weighted by molar-refractivity contribution is -0.274. The van der Waals surface area contributed by atoms with Crippen LogP contribution in [0.3, 0.4) is 0 Å². The molecule has 0 unspecified atom stereocenters. The van der Waals surface area contributed by atoms with Crippen LogP contribution in [-0.4, -0.2) is 37.8 Å². The molecule has 1 N–H and O–H groups in total. The van der Waals surface area contributed by atoms with E-state index in [1.54, 1.807) is 0 Å². The third-order valence-corrected chi connectivity index (χ3v) is 5.06. The lowest BCUT2D eigenvalue weighted by atomic mass is 10.3. The predicted molar refractivity (Wildman–Crippen MR) is 92.1 cm³/mol. The van der Waals surface area contributed by atoms with E-state index in [0.717, 1.165) is 39.7 Å². The van der Waals surface area contributed by atoms with Crippen LogP contribution in [-0.2, 0) is 4.79 Å². The van der Waals surface area contributed by atoms with Crippen LogP contribution in [0, 0.1) is 6.92 Å². The van der Waals surface area contributed by atoms with Crippen molar-refractivity contribution in [2.45, 2.75) is 17.6 Å². The van der Waals surface area contributed by atoms with Gasteiger partial charge in [0.25, 0.3) is 5.56 Å². The number of aromatic nitrogens is 4. The Kier molecular flexibility index (Phi) is 5.32. The highest BCUT2D eigenvalue weighted by atomic mass is 32.2. The maximum absolute atomic E-state index is 12.1. The molecule has 0 spiro atoms. The Hall–Kier alpha value is -2.67. The summed E-state index contributed by atoms with van der Waals surface area (Å²) in [5.74, 6) is -0.786. The van der Waals surface area contributed by atoms with Gasteiger partial charge in [0.05, 0.1) is 5.75 Å². The Morgan fingerprint density at radius 1 is 1.30 bits per heavy atom. The third-order valence-electron chi connectivity index (χ3n) is 3.03. The van der Waals surface area contributed by atoms with Crippen LogP contribution in [0.2, 0.25) is 0 Å². The molecular formula is C14H10F3N5O3S2. The van der Waals surface area contributed by atoms with Gasteiger partial charge in [-0.1, -0.05) is 23.1 Å². The second-order valence-corrected chi connectivity index (χ2v) is 7.24. The zero-order chi connectivity index (χ0) is 19.6. The highest BCUT2D eigenvalue weighted by molar-refractivity contribution is 8.01. The number of hydrogen-bond acceptors (Lipinski definition) is 8. The normalized spacial score (nSPS) is 11.6. The lowest BCUT2D eigenvalue weighted by Crippen LogP contribution is -2.19. The van der Waals surface area contributed by atoms with E-state index in [9.17, 15) is 22.8 Å². The van der Waals surface area contributed by atoms with Gasteiger partial charge in [-0.15, -0.1) is 28.5 Å². The summed E-state index contributed by atoms with van der Waals surface area (Å²) in [6, 6.07) is 4.77. The molecule has 142 valence electrons. The molecule has 0 aliphatic heterocycles. The van der Waals surface area contributed by atoms with Crippen LogP contribution < -0.4 is 15.6 Å². The summed E-state index contributed by atoms with van der Waals surface area (Å²) in [5, 5.41) is 14.2. The first-order chi connectivity index (χ1) is 12.7. The van der Waals surface area contributed by atoms with Gasteiger partial charge in [0.15, 0.2) is 4.34 Å². The Bertz CT molecular complexity index is 1030. The molecule has 0 atom stereocenters. The summed E-state index contributed by atoms with van der Waals surface area (Å²) < 4.78 is 41.6. The largest absolute Gasteiger partial charge is 0.573 e. The fourth-order valence-electron chi connectivity index (χ4n) is 1.90. The number of carbonyl (C=O) groups excluding carboxylic acids is 1. The van der Waals surface area contributed by atoms with Crippen molar-refractivity contribution in [1.82, 2.24) is 19.8 Å². The van der Waals surface area contributed by atoms with Gasteiger partial charge in [0, 0.05) is 5.69 Å². The van der Waals surface area contributed by atoms with Gasteiger partial charge < -0.3 is 10.1 Å². The number of nitrogens with one attached hydrogen (secondary N) is 1. The number of thioether (sulfide) groups is 1. The summed E-state index contributed by atoms with van der Waals surface area (Å²) in [5.41, 5.74) is 0.149. The Morgan fingerprint density at radius 3 is 2.67 bits per heavy atom. The molecule has 3 aromatic rings. The van der Waals surface area contributed by atoms with Crippen LogP contribution >= 0.6 is 23.1 Å². The summed E-state index contributed by atoms with van der Waals surface area (Å²) in [4.78, 5) is 24.2. The fourth-order valence-corrected chi connectivity index (χ4v) is 3.57. The minimum absolute atomic E-state index is 0.0121. The minimum atomic E-state index is -4.77. The fraction of sp³-hybridized carbons (Fsp3) is 0.214. The molecule has 2 aromatic heterocycles. The molecule has 0 saturated carbocycles. The van der Waals surface area contributed by atoms with Crippen molar-refractivity contribution in [2.24, 2.45) is 0 Å². The van der Waals surface area contributed by atoms with Crippen LogP contribution in [0.25, 0.3) is 4.96 Å². The van der Waals surface area contributed by atoms with E-state index in [4.69, 9.17) is 0 Å². The van der Waals surface area contributed by atoms with Crippen LogP contribution in [0.4, 0.5) is 18.9 Å². The molecule has 27 heavy (non-hydrogen) atoms. The van der Waals surface area contributed by atoms with Gasteiger partial charge in [0.2, 0.25) is 10.9 Å². The smallest absolute Gasteiger partial charge is 0.406 e. The Balaban J connectivity index is 1.58. The van der Waals surface area contributed by atoms with E-state index in [1.165, 1.54) is 19.1 Å². The van der Waals surface area contributed by atoms with E-state index < -0.39 is 12.3 Å². The maximum atomic E-state index is 12.1. The van der Waals surface area contributed by atoms with Crippen molar-refractivity contribution in [2.75, 3.05) is 11.1 Å². The minimum Gasteiger partial charge on any atom is -0.406 e.